The van der Waals surface area contributed by atoms with Gasteiger partial charge < -0.3 is 20.8 Å². The molecular weight excluding hydrogens is 524 g/mol. The number of aliphatic hydroxyl groups is 2. The molecule has 1 aliphatic carbocycles. The predicted molar refractivity (Wildman–Crippen MR) is 163 cm³/mol. The van der Waals surface area contributed by atoms with Crippen molar-refractivity contribution < 1.29 is 19.8 Å². The van der Waals surface area contributed by atoms with Gasteiger partial charge in [0.1, 0.15) is 16.6 Å². The van der Waals surface area contributed by atoms with Gasteiger partial charge in [-0.25, -0.2) is 0 Å². The summed E-state index contributed by atoms with van der Waals surface area (Å²) in [5, 5.41) is 30.3. The molecule has 0 unspecified atom stereocenters. The second-order valence-corrected chi connectivity index (χ2v) is 11.3. The van der Waals surface area contributed by atoms with Crippen LogP contribution in [-0.2, 0) is 20.8 Å². The van der Waals surface area contributed by atoms with E-state index in [1.54, 1.807) is 13.8 Å². The van der Waals surface area contributed by atoms with Gasteiger partial charge in [-0.05, 0) is 48.9 Å². The molecule has 42 heavy (non-hydrogen) atoms. The third-order valence-electron chi connectivity index (χ3n) is 8.88. The van der Waals surface area contributed by atoms with E-state index in [9.17, 15) is 19.8 Å². The van der Waals surface area contributed by atoms with E-state index < -0.39 is 40.5 Å². The molecule has 1 aliphatic rings. The van der Waals surface area contributed by atoms with Crippen LogP contribution in [0.3, 0.4) is 0 Å². The minimum absolute atomic E-state index is 0.383. The molecule has 0 saturated heterocycles. The average molecular weight is 563 g/mol. The van der Waals surface area contributed by atoms with Crippen molar-refractivity contribution in [2.24, 2.45) is 5.41 Å². The van der Waals surface area contributed by atoms with Gasteiger partial charge in [0.15, 0.2) is 0 Å². The SMILES string of the molecule is C[C@@H](NC(=O)C1(C(=O)N[C@H](C)C(O)(c2ccccc2)c2ccccc2)CCC1)C(O)(c1ccccc1)c1ccccc1. The van der Waals surface area contributed by atoms with E-state index in [0.29, 0.717) is 35.1 Å². The fraction of sp³-hybridized carbons (Fsp3) is 0.278. The molecule has 5 rings (SSSR count). The Kier molecular flexibility index (Phi) is 8.30. The average Bonchev–Trinajstić information content (AvgIpc) is 3.01. The Morgan fingerprint density at radius 2 is 0.833 bits per heavy atom. The Labute approximate surface area is 247 Å². The molecule has 2 amide bonds. The maximum Gasteiger partial charge on any atom is 0.236 e. The van der Waals surface area contributed by atoms with Crippen LogP contribution in [0, 0.1) is 5.41 Å². The number of hydrogen-bond donors (Lipinski definition) is 4. The lowest BCUT2D eigenvalue weighted by atomic mass is 9.66. The van der Waals surface area contributed by atoms with Crippen molar-refractivity contribution in [2.45, 2.75) is 56.4 Å². The van der Waals surface area contributed by atoms with E-state index in [0.717, 1.165) is 6.42 Å². The summed E-state index contributed by atoms with van der Waals surface area (Å²) in [5.74, 6) is -0.863. The molecule has 1 fully saturated rings. The van der Waals surface area contributed by atoms with Crippen LogP contribution in [0.15, 0.2) is 121 Å². The fourth-order valence-electron chi connectivity index (χ4n) is 6.07. The van der Waals surface area contributed by atoms with Crippen LogP contribution in [-0.4, -0.2) is 34.1 Å². The molecule has 0 heterocycles. The molecule has 216 valence electrons. The topological polar surface area (TPSA) is 98.7 Å². The number of rotatable bonds is 10. The Morgan fingerprint density at radius 3 is 1.05 bits per heavy atom. The van der Waals surface area contributed by atoms with Crippen LogP contribution in [0.5, 0.6) is 0 Å². The molecule has 0 bridgehead atoms. The van der Waals surface area contributed by atoms with E-state index in [-0.39, 0.29) is 0 Å². The maximum atomic E-state index is 13.9. The zero-order chi connectivity index (χ0) is 29.8. The predicted octanol–water partition coefficient (Wildman–Crippen LogP) is 5.04. The normalized spacial score (nSPS) is 16.0. The summed E-state index contributed by atoms with van der Waals surface area (Å²) >= 11 is 0. The third-order valence-corrected chi connectivity index (χ3v) is 8.88. The van der Waals surface area contributed by atoms with E-state index in [1.165, 1.54) is 0 Å². The van der Waals surface area contributed by atoms with Crippen LogP contribution in [0.1, 0.15) is 55.4 Å². The van der Waals surface area contributed by atoms with Crippen LogP contribution in [0.4, 0.5) is 0 Å². The zero-order valence-corrected chi connectivity index (χ0v) is 24.0. The standard InChI is InChI=1S/C36H38N2O4/c1-26(35(41,28-16-7-3-8-17-28)29-18-9-4-10-19-29)37-32(39)34(24-15-25-34)33(40)38-27(2)36(42,30-20-11-5-12-21-30)31-22-13-6-14-23-31/h3-14,16-23,26-27,41-42H,15,24-25H2,1-2H3,(H,37,39)(H,38,40)/t26-,27-/m1/s1. The lowest BCUT2D eigenvalue weighted by Gasteiger charge is -2.44. The first-order chi connectivity index (χ1) is 20.2. The van der Waals surface area contributed by atoms with E-state index in [1.807, 2.05) is 121 Å². The number of carbonyl (C=O) groups excluding carboxylic acids is 2. The molecule has 1 saturated carbocycles. The van der Waals surface area contributed by atoms with Gasteiger partial charge >= 0.3 is 0 Å². The van der Waals surface area contributed by atoms with Crippen molar-refractivity contribution in [1.82, 2.24) is 10.6 Å². The number of amides is 2. The first kappa shape index (κ1) is 29.2. The van der Waals surface area contributed by atoms with Crippen LogP contribution < -0.4 is 10.6 Å². The molecule has 4 aromatic rings. The number of carbonyl (C=O) groups is 2. The smallest absolute Gasteiger partial charge is 0.236 e. The summed E-state index contributed by atoms with van der Waals surface area (Å²) in [7, 11) is 0. The Morgan fingerprint density at radius 1 is 0.571 bits per heavy atom. The van der Waals surface area contributed by atoms with E-state index >= 15 is 0 Å². The third kappa shape index (κ3) is 5.13. The Balaban J connectivity index is 1.41. The van der Waals surface area contributed by atoms with Gasteiger partial charge in [0.05, 0.1) is 12.1 Å². The van der Waals surface area contributed by atoms with Crippen LogP contribution in [0.25, 0.3) is 0 Å². The molecule has 4 aromatic carbocycles. The summed E-state index contributed by atoms with van der Waals surface area (Å²) in [6.07, 6.45) is 1.50. The molecule has 0 spiro atoms. The first-order valence-corrected chi connectivity index (χ1v) is 14.5. The van der Waals surface area contributed by atoms with Crippen molar-refractivity contribution in [2.75, 3.05) is 0 Å². The van der Waals surface area contributed by atoms with Gasteiger partial charge in [-0.1, -0.05) is 128 Å². The van der Waals surface area contributed by atoms with E-state index in [4.69, 9.17) is 0 Å². The Bertz CT molecular complexity index is 1300. The number of nitrogens with one attached hydrogen (secondary N) is 2. The quantitative estimate of drug-likeness (QED) is 0.204. The molecule has 0 radical (unpaired) electrons. The van der Waals surface area contributed by atoms with Gasteiger partial charge in [0, 0.05) is 0 Å². The second kappa shape index (κ2) is 11.9. The van der Waals surface area contributed by atoms with Gasteiger partial charge in [0.2, 0.25) is 11.8 Å². The summed E-state index contributed by atoms with van der Waals surface area (Å²) < 4.78 is 0. The highest BCUT2D eigenvalue weighted by Gasteiger charge is 2.53. The highest BCUT2D eigenvalue weighted by Crippen LogP contribution is 2.43. The van der Waals surface area contributed by atoms with Crippen molar-refractivity contribution in [1.29, 1.82) is 0 Å². The van der Waals surface area contributed by atoms with Crippen molar-refractivity contribution in [3.05, 3.63) is 144 Å². The highest BCUT2D eigenvalue weighted by atomic mass is 16.3. The monoisotopic (exact) mass is 562 g/mol. The summed E-state index contributed by atoms with van der Waals surface area (Å²) in [5.41, 5.74) is -1.78. The lowest BCUT2D eigenvalue weighted by Crippen LogP contribution is -2.62. The van der Waals surface area contributed by atoms with Crippen molar-refractivity contribution >= 4 is 11.8 Å². The summed E-state index contributed by atoms with van der Waals surface area (Å²) in [6.45, 7) is 3.52. The summed E-state index contributed by atoms with van der Waals surface area (Å²) in [4.78, 5) is 27.9. The molecular formula is C36H38N2O4. The van der Waals surface area contributed by atoms with Crippen LogP contribution in [0.2, 0.25) is 0 Å². The molecule has 2 atom stereocenters. The lowest BCUT2D eigenvalue weighted by molar-refractivity contribution is -0.152. The number of benzene rings is 4. The maximum absolute atomic E-state index is 13.9. The zero-order valence-electron chi connectivity index (χ0n) is 24.0. The van der Waals surface area contributed by atoms with Crippen molar-refractivity contribution in [3.8, 4) is 0 Å². The molecule has 0 aromatic heterocycles. The number of hydrogen-bond acceptors (Lipinski definition) is 4. The first-order valence-electron chi connectivity index (χ1n) is 14.5. The fourth-order valence-corrected chi connectivity index (χ4v) is 6.07. The van der Waals surface area contributed by atoms with Gasteiger partial charge in [-0.3, -0.25) is 9.59 Å². The minimum Gasteiger partial charge on any atom is -0.378 e. The molecule has 4 N–H and O–H groups in total. The Hall–Kier alpha value is -4.26. The van der Waals surface area contributed by atoms with Gasteiger partial charge in [-0.15, -0.1) is 0 Å². The summed E-state index contributed by atoms with van der Waals surface area (Å²) in [6, 6.07) is 35.4. The molecule has 6 heteroatoms. The largest absolute Gasteiger partial charge is 0.378 e. The van der Waals surface area contributed by atoms with Gasteiger partial charge in [-0.2, -0.15) is 0 Å². The highest BCUT2D eigenvalue weighted by molar-refractivity contribution is 6.06. The molecule has 0 aliphatic heterocycles. The molecule has 6 nitrogen and oxygen atoms in total. The van der Waals surface area contributed by atoms with Crippen LogP contribution >= 0.6 is 0 Å². The minimum atomic E-state index is -1.52. The van der Waals surface area contributed by atoms with E-state index in [2.05, 4.69) is 10.6 Å². The van der Waals surface area contributed by atoms with Crippen molar-refractivity contribution in [3.63, 3.8) is 0 Å². The van der Waals surface area contributed by atoms with Gasteiger partial charge in [0.25, 0.3) is 0 Å². The second-order valence-electron chi connectivity index (χ2n) is 11.3.